The van der Waals surface area contributed by atoms with Crippen molar-refractivity contribution in [3.63, 3.8) is 0 Å². The first-order valence-electron chi connectivity index (χ1n) is 6.07. The van der Waals surface area contributed by atoms with Gasteiger partial charge in [-0.25, -0.2) is 0 Å². The molecule has 0 spiro atoms. The van der Waals surface area contributed by atoms with Crippen LogP contribution >= 0.6 is 23.2 Å². The van der Waals surface area contributed by atoms with Crippen LogP contribution in [-0.4, -0.2) is 10.5 Å². The van der Waals surface area contributed by atoms with E-state index in [1.54, 1.807) is 12.2 Å². The Kier molecular flexibility index (Phi) is 4.58. The molecule has 1 aliphatic carbocycles. The van der Waals surface area contributed by atoms with Gasteiger partial charge in [-0.05, 0) is 40.8 Å². The largest absolute Gasteiger partial charge is 0.280 e. The number of halogens is 2. The molecule has 2 nitrogen and oxygen atoms in total. The lowest BCUT2D eigenvalue weighted by Gasteiger charge is -2.23. The minimum Gasteiger partial charge on any atom is -0.280 e. The zero-order valence-corrected chi connectivity index (χ0v) is 12.1. The van der Waals surface area contributed by atoms with E-state index in [4.69, 9.17) is 23.2 Å². The smallest absolute Gasteiger partial charge is 0.240 e. The van der Waals surface area contributed by atoms with E-state index in [0.717, 1.165) is 11.1 Å². The Bertz CT molecular complexity index is 599. The molecule has 1 aromatic carbocycles. The Hall–Kier alpha value is -1.64. The Balaban J connectivity index is 2.15. The first-order chi connectivity index (χ1) is 9.54. The summed E-state index contributed by atoms with van der Waals surface area (Å²) < 4.78 is 0. The number of benzene rings is 1. The summed E-state index contributed by atoms with van der Waals surface area (Å²) in [7, 11) is 0. The first-order valence-corrected chi connectivity index (χ1v) is 6.82. The number of rotatable bonds is 4. The summed E-state index contributed by atoms with van der Waals surface area (Å²) in [5, 5.41) is -1.51. The van der Waals surface area contributed by atoms with E-state index in [-0.39, 0.29) is 6.42 Å². The van der Waals surface area contributed by atoms with Crippen molar-refractivity contribution in [2.24, 2.45) is 5.41 Å². The van der Waals surface area contributed by atoms with Gasteiger partial charge in [0.2, 0.25) is 10.5 Å². The van der Waals surface area contributed by atoms with Gasteiger partial charge in [0.1, 0.15) is 5.41 Å². The molecule has 0 heterocycles. The maximum absolute atomic E-state index is 11.4. The molecular weight excluding hydrogens is 295 g/mol. The van der Waals surface area contributed by atoms with Crippen LogP contribution in [0, 0.1) is 5.41 Å². The zero-order chi connectivity index (χ0) is 14.6. The van der Waals surface area contributed by atoms with Crippen molar-refractivity contribution in [3.05, 3.63) is 65.8 Å². The first kappa shape index (κ1) is 14.8. The van der Waals surface area contributed by atoms with Gasteiger partial charge < -0.3 is 0 Å². The quantitative estimate of drug-likeness (QED) is 0.620. The highest BCUT2D eigenvalue weighted by molar-refractivity contribution is 6.75. The number of carbonyl (C=O) groups is 2. The molecule has 0 radical (unpaired) electrons. The molecule has 1 aromatic rings. The second-order valence-electron chi connectivity index (χ2n) is 4.50. The van der Waals surface area contributed by atoms with Crippen LogP contribution < -0.4 is 0 Å². The van der Waals surface area contributed by atoms with Crippen LogP contribution in [0.2, 0.25) is 0 Å². The normalized spacial score (nSPS) is 17.0. The second kappa shape index (κ2) is 6.21. The monoisotopic (exact) mass is 306 g/mol. The highest BCUT2D eigenvalue weighted by Crippen LogP contribution is 2.35. The molecule has 0 saturated heterocycles. The molecule has 1 aliphatic rings. The van der Waals surface area contributed by atoms with Gasteiger partial charge in [0.15, 0.2) is 0 Å². The molecule has 102 valence electrons. The van der Waals surface area contributed by atoms with Crippen LogP contribution in [0.1, 0.15) is 12.0 Å². The van der Waals surface area contributed by atoms with E-state index in [9.17, 15) is 9.59 Å². The van der Waals surface area contributed by atoms with Gasteiger partial charge in [-0.2, -0.15) is 0 Å². The fraction of sp³-hybridized carbons (Fsp3) is 0.125. The predicted octanol–water partition coefficient (Wildman–Crippen LogP) is 4.10. The number of hydrogen-bond donors (Lipinski definition) is 0. The average Bonchev–Trinajstić information content (AvgIpc) is 2.46. The van der Waals surface area contributed by atoms with E-state index in [2.05, 4.69) is 0 Å². The molecule has 0 aromatic heterocycles. The maximum Gasteiger partial charge on any atom is 0.240 e. The number of hydrogen-bond acceptors (Lipinski definition) is 2. The van der Waals surface area contributed by atoms with Crippen molar-refractivity contribution in [2.45, 2.75) is 6.42 Å². The molecule has 4 heteroatoms. The van der Waals surface area contributed by atoms with Crippen LogP contribution in [0.5, 0.6) is 0 Å². The van der Waals surface area contributed by atoms with Crippen molar-refractivity contribution < 1.29 is 9.59 Å². The van der Waals surface area contributed by atoms with Gasteiger partial charge in [-0.3, -0.25) is 9.59 Å². The second-order valence-corrected chi connectivity index (χ2v) is 5.19. The summed E-state index contributed by atoms with van der Waals surface area (Å²) >= 11 is 11.0. The van der Waals surface area contributed by atoms with Crippen LogP contribution in [0.4, 0.5) is 0 Å². The molecular formula is C16H12Cl2O2. The van der Waals surface area contributed by atoms with E-state index >= 15 is 0 Å². The van der Waals surface area contributed by atoms with Crippen LogP contribution in [-0.2, 0) is 9.59 Å². The summed E-state index contributed by atoms with van der Waals surface area (Å²) in [4.78, 5) is 22.8. The Morgan fingerprint density at radius 1 is 1.05 bits per heavy atom. The topological polar surface area (TPSA) is 34.1 Å². The average molecular weight is 307 g/mol. The molecule has 0 unspecified atom stereocenters. The van der Waals surface area contributed by atoms with Gasteiger partial charge >= 0.3 is 0 Å². The SMILES string of the molecule is O=C(Cl)C1(C(=O)Cl)C=CC(C=Cc2ccccc2)=CC1. The lowest BCUT2D eigenvalue weighted by Crippen LogP contribution is -2.32. The molecule has 0 saturated carbocycles. The lowest BCUT2D eigenvalue weighted by atomic mass is 9.82. The van der Waals surface area contributed by atoms with E-state index in [1.165, 1.54) is 6.08 Å². The Morgan fingerprint density at radius 2 is 1.70 bits per heavy atom. The molecule has 20 heavy (non-hydrogen) atoms. The van der Waals surface area contributed by atoms with Crippen molar-refractivity contribution in [2.75, 3.05) is 0 Å². The standard InChI is InChI=1S/C16H12Cl2O2/c17-14(19)16(15(18)20)10-8-13(9-11-16)7-6-12-4-2-1-3-5-12/h1-10H,11H2. The fourth-order valence-electron chi connectivity index (χ4n) is 1.90. The Labute approximate surface area is 127 Å². The van der Waals surface area contributed by atoms with E-state index in [1.807, 2.05) is 42.5 Å². The molecule has 2 rings (SSSR count). The summed E-state index contributed by atoms with van der Waals surface area (Å²) in [5.74, 6) is 0. The molecule has 0 N–H and O–H groups in total. The third kappa shape index (κ3) is 3.09. The number of allylic oxidation sites excluding steroid dienone is 5. The maximum atomic E-state index is 11.4. The highest BCUT2D eigenvalue weighted by atomic mass is 35.5. The third-order valence-corrected chi connectivity index (χ3v) is 3.86. The summed E-state index contributed by atoms with van der Waals surface area (Å²) in [6.07, 6.45) is 8.98. The van der Waals surface area contributed by atoms with Crippen LogP contribution in [0.25, 0.3) is 6.08 Å². The van der Waals surface area contributed by atoms with E-state index in [0.29, 0.717) is 0 Å². The summed E-state index contributed by atoms with van der Waals surface area (Å²) in [5.41, 5.74) is 0.550. The third-order valence-electron chi connectivity index (χ3n) is 3.19. The van der Waals surface area contributed by atoms with Crippen LogP contribution in [0.15, 0.2) is 60.2 Å². The van der Waals surface area contributed by atoms with Crippen LogP contribution in [0.3, 0.4) is 0 Å². The predicted molar refractivity (Wildman–Crippen MR) is 81.5 cm³/mol. The molecule has 0 bridgehead atoms. The van der Waals surface area contributed by atoms with Crippen molar-refractivity contribution in [1.82, 2.24) is 0 Å². The van der Waals surface area contributed by atoms with E-state index < -0.39 is 15.9 Å². The minimum absolute atomic E-state index is 0.183. The Morgan fingerprint density at radius 3 is 2.20 bits per heavy atom. The minimum atomic E-state index is -1.42. The van der Waals surface area contributed by atoms with Gasteiger partial charge in [-0.15, -0.1) is 0 Å². The van der Waals surface area contributed by atoms with Gasteiger partial charge in [0.05, 0.1) is 0 Å². The summed E-state index contributed by atoms with van der Waals surface area (Å²) in [6.45, 7) is 0. The summed E-state index contributed by atoms with van der Waals surface area (Å²) in [6, 6.07) is 9.82. The van der Waals surface area contributed by atoms with Crippen molar-refractivity contribution in [3.8, 4) is 0 Å². The fourth-order valence-corrected chi connectivity index (χ4v) is 2.40. The molecule has 0 aliphatic heterocycles. The zero-order valence-electron chi connectivity index (χ0n) is 10.6. The van der Waals surface area contributed by atoms with Crippen molar-refractivity contribution in [1.29, 1.82) is 0 Å². The highest BCUT2D eigenvalue weighted by Gasteiger charge is 2.41. The lowest BCUT2D eigenvalue weighted by molar-refractivity contribution is -0.128. The van der Waals surface area contributed by atoms with Gasteiger partial charge in [0.25, 0.3) is 0 Å². The number of carbonyl (C=O) groups excluding carboxylic acids is 2. The van der Waals surface area contributed by atoms with Crippen molar-refractivity contribution >= 4 is 39.8 Å². The molecule has 0 amide bonds. The molecule has 0 fully saturated rings. The van der Waals surface area contributed by atoms with Gasteiger partial charge in [0, 0.05) is 0 Å². The van der Waals surface area contributed by atoms with Gasteiger partial charge in [-0.1, -0.05) is 60.7 Å². The molecule has 0 atom stereocenters.